The molecule has 7 nitrogen and oxygen atoms in total. The molecule has 1 amide bonds. The van der Waals surface area contributed by atoms with Gasteiger partial charge in [0, 0.05) is 38.7 Å². The molecule has 8 heteroatoms. The fourth-order valence-electron chi connectivity index (χ4n) is 4.46. The van der Waals surface area contributed by atoms with Gasteiger partial charge in [-0.1, -0.05) is 71.6 Å². The molecule has 0 aromatic heterocycles. The van der Waals surface area contributed by atoms with Crippen molar-refractivity contribution >= 4 is 21.6 Å². The first-order chi connectivity index (χ1) is 17.3. The number of anilines is 1. The minimum Gasteiger partial charge on any atom is -0.452 e. The van der Waals surface area contributed by atoms with E-state index >= 15 is 0 Å². The van der Waals surface area contributed by atoms with Gasteiger partial charge in [-0.05, 0) is 37.1 Å². The van der Waals surface area contributed by atoms with E-state index in [0.717, 1.165) is 24.9 Å². The lowest BCUT2D eigenvalue weighted by Crippen LogP contribution is -2.42. The van der Waals surface area contributed by atoms with Crippen LogP contribution < -0.4 is 15.0 Å². The van der Waals surface area contributed by atoms with E-state index in [0.29, 0.717) is 31.8 Å². The van der Waals surface area contributed by atoms with Gasteiger partial charge in [-0.3, -0.25) is 0 Å². The third-order valence-corrected chi connectivity index (χ3v) is 8.30. The molecule has 1 aliphatic heterocycles. The van der Waals surface area contributed by atoms with Crippen LogP contribution in [0.3, 0.4) is 0 Å². The van der Waals surface area contributed by atoms with Crippen LogP contribution in [0.2, 0.25) is 0 Å². The first-order valence-corrected chi connectivity index (χ1v) is 15.8. The summed E-state index contributed by atoms with van der Waals surface area (Å²) in [6.07, 6.45) is 13.4. The van der Waals surface area contributed by atoms with Gasteiger partial charge >= 0.3 is 6.09 Å². The van der Waals surface area contributed by atoms with Gasteiger partial charge in [-0.25, -0.2) is 13.2 Å². The number of rotatable bonds is 17. The molecule has 1 atom stereocenters. The zero-order valence-corrected chi connectivity index (χ0v) is 23.5. The van der Waals surface area contributed by atoms with Crippen molar-refractivity contribution in [3.8, 4) is 5.75 Å². The SMILES string of the molecule is CCCCCCCCCCCCC(C)(OC(=O)NCCC)Oc1ccc(N2CCS(=O)(=O)CC2)cc1. The highest BCUT2D eigenvalue weighted by atomic mass is 32.2. The summed E-state index contributed by atoms with van der Waals surface area (Å²) in [5.74, 6) is -0.0638. The number of carbonyl (C=O) groups is 1. The first-order valence-electron chi connectivity index (χ1n) is 14.0. The summed E-state index contributed by atoms with van der Waals surface area (Å²) in [6.45, 7) is 7.64. The molecule has 1 fully saturated rings. The number of carbonyl (C=O) groups excluding carboxylic acids is 1. The fraction of sp³-hybridized carbons (Fsp3) is 0.750. The Labute approximate surface area is 219 Å². The maximum atomic E-state index is 12.3. The molecule has 0 spiro atoms. The molecule has 1 saturated heterocycles. The molecule has 0 aliphatic carbocycles. The molecular weight excluding hydrogens is 476 g/mol. The van der Waals surface area contributed by atoms with E-state index in [2.05, 4.69) is 17.1 Å². The summed E-state index contributed by atoms with van der Waals surface area (Å²) in [7, 11) is -2.92. The Morgan fingerprint density at radius 3 is 2.00 bits per heavy atom. The van der Waals surface area contributed by atoms with Crippen molar-refractivity contribution in [1.82, 2.24) is 5.32 Å². The average molecular weight is 525 g/mol. The van der Waals surface area contributed by atoms with Gasteiger partial charge in [0.05, 0.1) is 11.5 Å². The lowest BCUT2D eigenvalue weighted by atomic mass is 10.0. The van der Waals surface area contributed by atoms with Gasteiger partial charge in [-0.15, -0.1) is 0 Å². The number of sulfone groups is 1. The number of hydrogen-bond donors (Lipinski definition) is 1. The number of alkyl carbamates (subject to hydrolysis) is 1. The zero-order valence-electron chi connectivity index (χ0n) is 22.7. The smallest absolute Gasteiger partial charge is 0.410 e. The monoisotopic (exact) mass is 524 g/mol. The molecule has 0 saturated carbocycles. The molecular formula is C28H48N2O5S. The third kappa shape index (κ3) is 11.8. The lowest BCUT2D eigenvalue weighted by molar-refractivity contribution is -0.131. The molecule has 36 heavy (non-hydrogen) atoms. The van der Waals surface area contributed by atoms with Crippen LogP contribution >= 0.6 is 0 Å². The largest absolute Gasteiger partial charge is 0.452 e. The Balaban J connectivity index is 1.86. The second-order valence-corrected chi connectivity index (χ2v) is 12.4. The maximum absolute atomic E-state index is 12.3. The lowest BCUT2D eigenvalue weighted by Gasteiger charge is -2.31. The molecule has 0 bridgehead atoms. The number of nitrogens with zero attached hydrogens (tertiary/aromatic N) is 1. The summed E-state index contributed by atoms with van der Waals surface area (Å²) in [5, 5.41) is 2.77. The van der Waals surface area contributed by atoms with Crippen LogP contribution in [0.4, 0.5) is 10.5 Å². The molecule has 2 rings (SSSR count). The molecule has 206 valence electrons. The van der Waals surface area contributed by atoms with Gasteiger partial charge in [0.25, 0.3) is 5.79 Å². The van der Waals surface area contributed by atoms with Crippen LogP contribution in [-0.4, -0.2) is 51.4 Å². The van der Waals surface area contributed by atoms with Crippen LogP contribution in [0.1, 0.15) is 97.8 Å². The third-order valence-electron chi connectivity index (χ3n) is 6.69. The summed E-state index contributed by atoms with van der Waals surface area (Å²) in [4.78, 5) is 14.4. The Hall–Kier alpha value is -1.96. The van der Waals surface area contributed by atoms with Gasteiger partial charge in [0.15, 0.2) is 9.84 Å². The highest BCUT2D eigenvalue weighted by Gasteiger charge is 2.31. The maximum Gasteiger partial charge on any atom is 0.410 e. The minimum atomic E-state index is -2.92. The normalized spacial score (nSPS) is 16.8. The summed E-state index contributed by atoms with van der Waals surface area (Å²) >= 11 is 0. The van der Waals surface area contributed by atoms with E-state index in [1.807, 2.05) is 38.1 Å². The van der Waals surface area contributed by atoms with Crippen LogP contribution in [-0.2, 0) is 14.6 Å². The van der Waals surface area contributed by atoms with Gasteiger partial charge in [0.1, 0.15) is 5.75 Å². The average Bonchev–Trinajstić information content (AvgIpc) is 2.84. The van der Waals surface area contributed by atoms with Crippen LogP contribution in [0.25, 0.3) is 0 Å². The van der Waals surface area contributed by atoms with Crippen LogP contribution in [0, 0.1) is 0 Å². The van der Waals surface area contributed by atoms with Crippen molar-refractivity contribution in [2.24, 2.45) is 0 Å². The number of nitrogens with one attached hydrogen (secondary N) is 1. The molecule has 1 unspecified atom stereocenters. The second-order valence-electron chi connectivity index (χ2n) is 10.1. The van der Waals surface area contributed by atoms with Gasteiger partial charge in [0.2, 0.25) is 0 Å². The van der Waals surface area contributed by atoms with E-state index in [1.54, 1.807) is 0 Å². The summed E-state index contributed by atoms with van der Waals surface area (Å²) in [5.41, 5.74) is 0.968. The van der Waals surface area contributed by atoms with Gasteiger partial charge in [-0.2, -0.15) is 0 Å². The quantitative estimate of drug-likeness (QED) is 0.186. The molecule has 1 aromatic carbocycles. The number of ether oxygens (including phenoxy) is 2. The molecule has 1 aromatic rings. The van der Waals surface area contributed by atoms with E-state index in [-0.39, 0.29) is 11.5 Å². The number of unbranched alkanes of at least 4 members (excludes halogenated alkanes) is 9. The minimum absolute atomic E-state index is 0.183. The van der Waals surface area contributed by atoms with Crippen molar-refractivity contribution in [2.75, 3.05) is 36.0 Å². The Morgan fingerprint density at radius 1 is 0.889 bits per heavy atom. The molecule has 1 heterocycles. The van der Waals surface area contributed by atoms with Crippen molar-refractivity contribution < 1.29 is 22.7 Å². The standard InChI is InChI=1S/C28H48N2O5S/c1-4-6-7-8-9-10-11-12-13-14-19-28(3,35-27(31)29-20-5-2)34-26-17-15-25(16-18-26)30-21-23-36(32,33)24-22-30/h15-18H,4-14,19-24H2,1-3H3,(H,29,31). The topological polar surface area (TPSA) is 84.9 Å². The fourth-order valence-corrected chi connectivity index (χ4v) is 5.66. The molecule has 1 N–H and O–H groups in total. The van der Waals surface area contributed by atoms with E-state index in [1.165, 1.54) is 51.4 Å². The van der Waals surface area contributed by atoms with Gasteiger partial charge < -0.3 is 19.7 Å². The number of amides is 1. The van der Waals surface area contributed by atoms with Crippen LogP contribution in [0.15, 0.2) is 24.3 Å². The number of benzene rings is 1. The number of hydrogen-bond acceptors (Lipinski definition) is 6. The molecule has 0 radical (unpaired) electrons. The summed E-state index contributed by atoms with van der Waals surface area (Å²) < 4.78 is 35.4. The van der Waals surface area contributed by atoms with E-state index in [4.69, 9.17) is 9.47 Å². The Kier molecular flexibility index (Phi) is 13.5. The second kappa shape index (κ2) is 16.0. The highest BCUT2D eigenvalue weighted by Crippen LogP contribution is 2.28. The van der Waals surface area contributed by atoms with E-state index < -0.39 is 21.7 Å². The first kappa shape index (κ1) is 30.3. The zero-order chi connectivity index (χ0) is 26.3. The predicted molar refractivity (Wildman–Crippen MR) is 148 cm³/mol. The molecule has 1 aliphatic rings. The Morgan fingerprint density at radius 2 is 1.44 bits per heavy atom. The van der Waals surface area contributed by atoms with Crippen LogP contribution in [0.5, 0.6) is 5.75 Å². The van der Waals surface area contributed by atoms with E-state index in [9.17, 15) is 13.2 Å². The van der Waals surface area contributed by atoms with Crippen molar-refractivity contribution in [2.45, 2.75) is 104 Å². The summed E-state index contributed by atoms with van der Waals surface area (Å²) in [6, 6.07) is 7.60. The Bertz CT molecular complexity index is 845. The highest BCUT2D eigenvalue weighted by molar-refractivity contribution is 7.91. The van der Waals surface area contributed by atoms with Crippen molar-refractivity contribution in [3.05, 3.63) is 24.3 Å². The predicted octanol–water partition coefficient (Wildman–Crippen LogP) is 6.46. The van der Waals surface area contributed by atoms with Crippen molar-refractivity contribution in [3.63, 3.8) is 0 Å². The van der Waals surface area contributed by atoms with Crippen molar-refractivity contribution in [1.29, 1.82) is 0 Å².